The number of phenols is 1. The minimum Gasteiger partial charge on any atom is -0.508 e. The first-order valence-electron chi connectivity index (χ1n) is 7.77. The summed E-state index contributed by atoms with van der Waals surface area (Å²) in [6, 6.07) is 13.1. The molecule has 0 spiro atoms. The topological polar surface area (TPSA) is 45.6 Å². The number of likely N-dealkylation sites (tertiary alicyclic amines) is 1. The third-order valence-corrected chi connectivity index (χ3v) is 4.17. The molecule has 1 aliphatic heterocycles. The minimum absolute atomic E-state index is 0.197. The van der Waals surface area contributed by atoms with E-state index in [1.807, 2.05) is 36.4 Å². The Bertz CT molecular complexity index is 595. The maximum atomic E-state index is 10.2. The van der Waals surface area contributed by atoms with Crippen molar-refractivity contribution in [1.29, 1.82) is 0 Å². The molecule has 4 heteroatoms. The zero-order valence-electron chi connectivity index (χ0n) is 12.9. The highest BCUT2D eigenvalue weighted by molar-refractivity contribution is 5.37. The summed E-state index contributed by atoms with van der Waals surface area (Å²) in [5.74, 6) is 0.256. The number of benzene rings is 1. The van der Waals surface area contributed by atoms with Gasteiger partial charge in [0.25, 0.3) is 0 Å². The maximum absolute atomic E-state index is 10.2. The number of aromatic nitrogens is 1. The molecule has 1 fully saturated rings. The Morgan fingerprint density at radius 2 is 1.86 bits per heavy atom. The van der Waals surface area contributed by atoms with E-state index in [4.69, 9.17) is 4.74 Å². The molecule has 0 saturated carbocycles. The Morgan fingerprint density at radius 3 is 2.55 bits per heavy atom. The van der Waals surface area contributed by atoms with Crippen molar-refractivity contribution in [3.63, 3.8) is 0 Å². The molecule has 0 radical (unpaired) electrons. The number of hydrogen-bond donors (Lipinski definition) is 1. The number of piperidine rings is 1. The standard InChI is InChI=1S/C18H22N2O2/c1-20-12-9-14(10-13-20)22-18(16-7-4-5-11-19-16)15-6-2-3-8-17(15)21/h2-8,11,14,18,21H,9-10,12-13H2,1H3. The SMILES string of the molecule is CN1CCC(OC(c2ccccn2)c2ccccc2O)CC1. The summed E-state index contributed by atoms with van der Waals surface area (Å²) in [4.78, 5) is 6.75. The average Bonchev–Trinajstić information content (AvgIpc) is 2.56. The summed E-state index contributed by atoms with van der Waals surface area (Å²) >= 11 is 0. The van der Waals surface area contributed by atoms with Crippen molar-refractivity contribution >= 4 is 0 Å². The Labute approximate surface area is 131 Å². The Kier molecular flexibility index (Phi) is 4.71. The Hall–Kier alpha value is -1.91. The van der Waals surface area contributed by atoms with Crippen molar-refractivity contribution in [2.24, 2.45) is 0 Å². The normalized spacial score (nSPS) is 18.2. The second-order valence-electron chi connectivity index (χ2n) is 5.83. The number of para-hydroxylation sites is 1. The van der Waals surface area contributed by atoms with E-state index in [1.165, 1.54) is 0 Å². The molecule has 22 heavy (non-hydrogen) atoms. The molecule has 0 aliphatic carbocycles. The lowest BCUT2D eigenvalue weighted by atomic mass is 10.0. The van der Waals surface area contributed by atoms with E-state index in [2.05, 4.69) is 16.9 Å². The minimum atomic E-state index is -0.323. The van der Waals surface area contributed by atoms with Gasteiger partial charge in [-0.25, -0.2) is 0 Å². The number of ether oxygens (including phenoxy) is 1. The summed E-state index contributed by atoms with van der Waals surface area (Å²) < 4.78 is 6.34. The van der Waals surface area contributed by atoms with E-state index in [-0.39, 0.29) is 18.0 Å². The number of nitrogens with zero attached hydrogens (tertiary/aromatic N) is 2. The van der Waals surface area contributed by atoms with Crippen LogP contribution in [0.15, 0.2) is 48.7 Å². The van der Waals surface area contributed by atoms with Gasteiger partial charge in [-0.1, -0.05) is 24.3 Å². The van der Waals surface area contributed by atoms with Gasteiger partial charge >= 0.3 is 0 Å². The highest BCUT2D eigenvalue weighted by atomic mass is 16.5. The van der Waals surface area contributed by atoms with Crippen LogP contribution in [0.1, 0.15) is 30.2 Å². The molecule has 2 heterocycles. The first-order valence-corrected chi connectivity index (χ1v) is 7.77. The van der Waals surface area contributed by atoms with Crippen LogP contribution in [0.5, 0.6) is 5.75 Å². The molecule has 1 unspecified atom stereocenters. The van der Waals surface area contributed by atoms with Crippen LogP contribution in [0.3, 0.4) is 0 Å². The number of phenolic OH excluding ortho intramolecular Hbond substituents is 1. The molecule has 0 amide bonds. The fourth-order valence-corrected chi connectivity index (χ4v) is 2.86. The van der Waals surface area contributed by atoms with Gasteiger partial charge in [0.1, 0.15) is 11.9 Å². The maximum Gasteiger partial charge on any atom is 0.128 e. The lowest BCUT2D eigenvalue weighted by Crippen LogP contribution is -2.35. The number of rotatable bonds is 4. The molecule has 1 aromatic carbocycles. The third-order valence-electron chi connectivity index (χ3n) is 4.17. The van der Waals surface area contributed by atoms with Crippen molar-refractivity contribution in [1.82, 2.24) is 9.88 Å². The van der Waals surface area contributed by atoms with Crippen LogP contribution in [0.2, 0.25) is 0 Å². The van der Waals surface area contributed by atoms with E-state index < -0.39 is 0 Å². The number of hydrogen-bond acceptors (Lipinski definition) is 4. The summed E-state index contributed by atoms with van der Waals surface area (Å²) in [6.45, 7) is 2.08. The smallest absolute Gasteiger partial charge is 0.128 e. The van der Waals surface area contributed by atoms with Crippen molar-refractivity contribution < 1.29 is 9.84 Å². The van der Waals surface area contributed by atoms with Crippen molar-refractivity contribution in [3.8, 4) is 5.75 Å². The zero-order valence-corrected chi connectivity index (χ0v) is 12.9. The molecule has 3 rings (SSSR count). The van der Waals surface area contributed by atoms with Gasteiger partial charge < -0.3 is 14.7 Å². The molecule has 1 N–H and O–H groups in total. The molecule has 2 aromatic rings. The molecule has 0 bridgehead atoms. The second-order valence-corrected chi connectivity index (χ2v) is 5.83. The molecule has 1 aliphatic rings. The lowest BCUT2D eigenvalue weighted by molar-refractivity contribution is -0.0258. The highest BCUT2D eigenvalue weighted by Crippen LogP contribution is 2.33. The summed E-state index contributed by atoms with van der Waals surface area (Å²) in [5, 5.41) is 10.2. The van der Waals surface area contributed by atoms with Crippen LogP contribution in [-0.4, -0.2) is 41.2 Å². The monoisotopic (exact) mass is 298 g/mol. The molecule has 1 aromatic heterocycles. The predicted molar refractivity (Wildman–Crippen MR) is 85.8 cm³/mol. The van der Waals surface area contributed by atoms with E-state index >= 15 is 0 Å². The molecule has 1 atom stereocenters. The van der Waals surface area contributed by atoms with Gasteiger partial charge in [0.2, 0.25) is 0 Å². The fraction of sp³-hybridized carbons (Fsp3) is 0.389. The van der Waals surface area contributed by atoms with E-state index in [0.717, 1.165) is 37.2 Å². The van der Waals surface area contributed by atoms with Gasteiger partial charge in [-0.05, 0) is 38.1 Å². The van der Waals surface area contributed by atoms with Gasteiger partial charge in [0, 0.05) is 24.8 Å². The van der Waals surface area contributed by atoms with Crippen LogP contribution in [0.25, 0.3) is 0 Å². The van der Waals surface area contributed by atoms with Crippen LogP contribution >= 0.6 is 0 Å². The van der Waals surface area contributed by atoms with Crippen LogP contribution in [0.4, 0.5) is 0 Å². The highest BCUT2D eigenvalue weighted by Gasteiger charge is 2.25. The summed E-state index contributed by atoms with van der Waals surface area (Å²) in [5.41, 5.74) is 1.61. The van der Waals surface area contributed by atoms with Crippen molar-refractivity contribution in [2.75, 3.05) is 20.1 Å². The molecule has 4 nitrogen and oxygen atoms in total. The number of pyridine rings is 1. The van der Waals surface area contributed by atoms with Crippen molar-refractivity contribution in [2.45, 2.75) is 25.0 Å². The predicted octanol–water partition coefficient (Wildman–Crippen LogP) is 2.99. The Balaban J connectivity index is 1.85. The van der Waals surface area contributed by atoms with Gasteiger partial charge in [-0.15, -0.1) is 0 Å². The van der Waals surface area contributed by atoms with E-state index in [0.29, 0.717) is 0 Å². The molecule has 1 saturated heterocycles. The van der Waals surface area contributed by atoms with E-state index in [9.17, 15) is 5.11 Å². The van der Waals surface area contributed by atoms with Gasteiger partial charge in [0.05, 0.1) is 11.8 Å². The lowest BCUT2D eigenvalue weighted by Gasteiger charge is -2.32. The quantitative estimate of drug-likeness (QED) is 0.942. The van der Waals surface area contributed by atoms with Gasteiger partial charge in [-0.2, -0.15) is 0 Å². The van der Waals surface area contributed by atoms with E-state index in [1.54, 1.807) is 12.3 Å². The second kappa shape index (κ2) is 6.90. The zero-order chi connectivity index (χ0) is 15.4. The fourth-order valence-electron chi connectivity index (χ4n) is 2.86. The van der Waals surface area contributed by atoms with Crippen LogP contribution in [-0.2, 0) is 4.74 Å². The number of aromatic hydroxyl groups is 1. The largest absolute Gasteiger partial charge is 0.508 e. The average molecular weight is 298 g/mol. The molecule has 116 valence electrons. The molecular formula is C18H22N2O2. The first-order chi connectivity index (χ1) is 10.7. The van der Waals surface area contributed by atoms with Crippen LogP contribution in [0, 0.1) is 0 Å². The van der Waals surface area contributed by atoms with Gasteiger partial charge in [0.15, 0.2) is 0 Å². The summed E-state index contributed by atoms with van der Waals surface area (Å²) in [6.07, 6.45) is 3.65. The van der Waals surface area contributed by atoms with Gasteiger partial charge in [-0.3, -0.25) is 4.98 Å². The first kappa shape index (κ1) is 15.0. The Morgan fingerprint density at radius 1 is 1.14 bits per heavy atom. The summed E-state index contributed by atoms with van der Waals surface area (Å²) in [7, 11) is 2.13. The molecular weight excluding hydrogens is 276 g/mol. The van der Waals surface area contributed by atoms with Crippen LogP contribution < -0.4 is 0 Å². The third kappa shape index (κ3) is 3.46. The van der Waals surface area contributed by atoms with Crippen molar-refractivity contribution in [3.05, 3.63) is 59.9 Å².